The summed E-state index contributed by atoms with van der Waals surface area (Å²) >= 11 is 0. The van der Waals surface area contributed by atoms with Gasteiger partial charge in [-0.2, -0.15) is 13.2 Å². The Morgan fingerprint density at radius 2 is 1.74 bits per heavy atom. The van der Waals surface area contributed by atoms with Crippen LogP contribution in [0.2, 0.25) is 0 Å². The van der Waals surface area contributed by atoms with Crippen molar-refractivity contribution in [2.45, 2.75) is 13.1 Å². The summed E-state index contributed by atoms with van der Waals surface area (Å²) < 4.78 is 37.9. The fraction of sp³-hybridized carbons (Fsp3) is 0.636. The Kier molecular flexibility index (Phi) is 5.34. The zero-order valence-corrected chi connectivity index (χ0v) is 11.2. The molecule has 108 valence electrons. The Bertz CT molecular complexity index is 406. The second-order valence-corrected chi connectivity index (χ2v) is 4.22. The van der Waals surface area contributed by atoms with Crippen molar-refractivity contribution < 1.29 is 13.2 Å². The minimum absolute atomic E-state index is 0.164. The van der Waals surface area contributed by atoms with Crippen molar-refractivity contribution in [3.8, 4) is 0 Å². The van der Waals surface area contributed by atoms with Crippen molar-refractivity contribution in [3.05, 3.63) is 11.9 Å². The van der Waals surface area contributed by atoms with Crippen LogP contribution < -0.4 is 10.6 Å². The molecule has 0 aromatic carbocycles. The van der Waals surface area contributed by atoms with Crippen LogP contribution in [-0.4, -0.2) is 48.6 Å². The summed E-state index contributed by atoms with van der Waals surface area (Å²) in [7, 11) is 3.76. The van der Waals surface area contributed by atoms with Crippen LogP contribution in [-0.2, 0) is 6.18 Å². The number of anilines is 2. The van der Waals surface area contributed by atoms with Gasteiger partial charge in [-0.15, -0.1) is 0 Å². The summed E-state index contributed by atoms with van der Waals surface area (Å²) in [5, 5.41) is 5.61. The van der Waals surface area contributed by atoms with Gasteiger partial charge in [-0.25, -0.2) is 9.97 Å². The van der Waals surface area contributed by atoms with E-state index < -0.39 is 12.0 Å². The Labute approximate surface area is 110 Å². The molecular formula is C11H18F3N5. The van der Waals surface area contributed by atoms with Crippen LogP contribution in [0, 0.1) is 0 Å². The van der Waals surface area contributed by atoms with Crippen molar-refractivity contribution in [1.29, 1.82) is 0 Å². The van der Waals surface area contributed by atoms with E-state index in [2.05, 4.69) is 20.6 Å². The molecule has 19 heavy (non-hydrogen) atoms. The smallest absolute Gasteiger partial charge is 0.370 e. The summed E-state index contributed by atoms with van der Waals surface area (Å²) in [5.41, 5.74) is 0. The third kappa shape index (κ3) is 5.29. The number of nitrogens with one attached hydrogen (secondary N) is 2. The van der Waals surface area contributed by atoms with Gasteiger partial charge in [0.25, 0.3) is 0 Å². The second-order valence-electron chi connectivity index (χ2n) is 4.22. The van der Waals surface area contributed by atoms with Gasteiger partial charge in [0.1, 0.15) is 11.6 Å². The number of rotatable bonds is 6. The molecule has 0 aliphatic carbocycles. The highest BCUT2D eigenvalue weighted by Crippen LogP contribution is 2.28. The van der Waals surface area contributed by atoms with E-state index in [9.17, 15) is 13.2 Å². The molecule has 0 spiro atoms. The summed E-state index contributed by atoms with van der Waals surface area (Å²) in [6.07, 6.45) is -4.55. The Hall–Kier alpha value is -1.57. The molecule has 0 aliphatic heterocycles. The van der Waals surface area contributed by atoms with E-state index >= 15 is 0 Å². The third-order valence-electron chi connectivity index (χ3n) is 2.20. The minimum atomic E-state index is -4.55. The first-order chi connectivity index (χ1) is 8.82. The number of halogens is 3. The topological polar surface area (TPSA) is 53.1 Å². The molecular weight excluding hydrogens is 259 g/mol. The highest BCUT2D eigenvalue weighted by atomic mass is 19.4. The Balaban J connectivity index is 2.87. The molecule has 1 heterocycles. The van der Waals surface area contributed by atoms with Gasteiger partial charge in [-0.1, -0.05) is 0 Å². The van der Waals surface area contributed by atoms with Crippen molar-refractivity contribution >= 4 is 11.6 Å². The first-order valence-corrected chi connectivity index (χ1v) is 5.91. The molecule has 8 heteroatoms. The van der Waals surface area contributed by atoms with Crippen molar-refractivity contribution in [3.63, 3.8) is 0 Å². The predicted molar refractivity (Wildman–Crippen MR) is 68.2 cm³/mol. The fourth-order valence-corrected chi connectivity index (χ4v) is 1.34. The van der Waals surface area contributed by atoms with Gasteiger partial charge < -0.3 is 15.5 Å². The molecule has 0 fully saturated rings. The average Bonchev–Trinajstić information content (AvgIpc) is 2.27. The van der Waals surface area contributed by atoms with Crippen LogP contribution in [0.3, 0.4) is 0 Å². The average molecular weight is 277 g/mol. The van der Waals surface area contributed by atoms with E-state index in [0.717, 1.165) is 0 Å². The standard InChI is InChI=1S/C11H18F3N5/c1-4-15-8-7-9(16-5-6-19(2)3)18-10(17-8)11(12,13)14/h7H,4-6H2,1-3H3,(H2,15,16,17,18). The summed E-state index contributed by atoms with van der Waals surface area (Å²) in [5.74, 6) is -0.810. The first kappa shape index (κ1) is 15.5. The van der Waals surface area contributed by atoms with Crippen LogP contribution in [0.25, 0.3) is 0 Å². The number of hydrogen-bond donors (Lipinski definition) is 2. The quantitative estimate of drug-likeness (QED) is 0.832. The van der Waals surface area contributed by atoms with E-state index in [0.29, 0.717) is 19.6 Å². The van der Waals surface area contributed by atoms with Gasteiger partial charge in [0, 0.05) is 25.7 Å². The molecule has 0 radical (unpaired) electrons. The van der Waals surface area contributed by atoms with E-state index in [4.69, 9.17) is 0 Å². The lowest BCUT2D eigenvalue weighted by atomic mass is 10.4. The predicted octanol–water partition coefficient (Wildman–Crippen LogP) is 1.90. The minimum Gasteiger partial charge on any atom is -0.370 e. The van der Waals surface area contributed by atoms with Crippen LogP contribution in [0.4, 0.5) is 24.8 Å². The molecule has 1 aromatic rings. The highest BCUT2D eigenvalue weighted by molar-refractivity contribution is 5.47. The fourth-order valence-electron chi connectivity index (χ4n) is 1.34. The van der Waals surface area contributed by atoms with Gasteiger partial charge in [0.05, 0.1) is 0 Å². The van der Waals surface area contributed by atoms with Crippen molar-refractivity contribution in [1.82, 2.24) is 14.9 Å². The molecule has 1 aromatic heterocycles. The zero-order chi connectivity index (χ0) is 14.5. The first-order valence-electron chi connectivity index (χ1n) is 5.91. The van der Waals surface area contributed by atoms with Gasteiger partial charge in [0.2, 0.25) is 5.82 Å². The van der Waals surface area contributed by atoms with Crippen LogP contribution in [0.15, 0.2) is 6.07 Å². The maximum Gasteiger partial charge on any atom is 0.451 e. The number of hydrogen-bond acceptors (Lipinski definition) is 5. The summed E-state index contributed by atoms with van der Waals surface area (Å²) in [6.45, 7) is 3.48. The molecule has 0 saturated carbocycles. The van der Waals surface area contributed by atoms with E-state index in [-0.39, 0.29) is 11.6 Å². The Morgan fingerprint density at radius 1 is 1.16 bits per heavy atom. The van der Waals surface area contributed by atoms with Gasteiger partial charge in [-0.3, -0.25) is 0 Å². The van der Waals surface area contributed by atoms with Crippen molar-refractivity contribution in [2.24, 2.45) is 0 Å². The van der Waals surface area contributed by atoms with Crippen molar-refractivity contribution in [2.75, 3.05) is 44.4 Å². The highest BCUT2D eigenvalue weighted by Gasteiger charge is 2.35. The van der Waals surface area contributed by atoms with Crippen LogP contribution >= 0.6 is 0 Å². The monoisotopic (exact) mass is 277 g/mol. The summed E-state index contributed by atoms with van der Waals surface area (Å²) in [4.78, 5) is 8.84. The number of aromatic nitrogens is 2. The molecule has 5 nitrogen and oxygen atoms in total. The van der Waals surface area contributed by atoms with E-state index in [1.807, 2.05) is 19.0 Å². The molecule has 0 unspecified atom stereocenters. The van der Waals surface area contributed by atoms with E-state index in [1.54, 1.807) is 6.92 Å². The zero-order valence-electron chi connectivity index (χ0n) is 11.2. The van der Waals surface area contributed by atoms with E-state index in [1.165, 1.54) is 6.07 Å². The number of alkyl halides is 3. The maximum atomic E-state index is 12.6. The summed E-state index contributed by atoms with van der Waals surface area (Å²) in [6, 6.07) is 1.47. The molecule has 0 saturated heterocycles. The number of nitrogens with zero attached hydrogens (tertiary/aromatic N) is 3. The van der Waals surface area contributed by atoms with Gasteiger partial charge in [0.15, 0.2) is 0 Å². The lowest BCUT2D eigenvalue weighted by molar-refractivity contribution is -0.144. The van der Waals surface area contributed by atoms with Gasteiger partial charge in [-0.05, 0) is 21.0 Å². The number of likely N-dealkylation sites (N-methyl/N-ethyl adjacent to an activating group) is 1. The molecule has 0 bridgehead atoms. The maximum absolute atomic E-state index is 12.6. The molecule has 0 amide bonds. The normalized spacial score (nSPS) is 11.7. The second kappa shape index (κ2) is 6.55. The molecule has 0 atom stereocenters. The van der Waals surface area contributed by atoms with Crippen LogP contribution in [0.1, 0.15) is 12.7 Å². The largest absolute Gasteiger partial charge is 0.451 e. The Morgan fingerprint density at radius 3 is 2.21 bits per heavy atom. The molecule has 2 N–H and O–H groups in total. The third-order valence-corrected chi connectivity index (χ3v) is 2.20. The molecule has 0 aliphatic rings. The molecule has 1 rings (SSSR count). The lowest BCUT2D eigenvalue weighted by Crippen LogP contribution is -2.22. The lowest BCUT2D eigenvalue weighted by Gasteiger charge is -2.13. The van der Waals surface area contributed by atoms with Crippen LogP contribution in [0.5, 0.6) is 0 Å². The SMILES string of the molecule is CCNc1cc(NCCN(C)C)nc(C(F)(F)F)n1. The van der Waals surface area contributed by atoms with Gasteiger partial charge >= 0.3 is 6.18 Å².